The highest BCUT2D eigenvalue weighted by molar-refractivity contribution is 8.13. The maximum absolute atomic E-state index is 11.2. The highest BCUT2D eigenvalue weighted by Gasteiger charge is 2.04. The van der Waals surface area contributed by atoms with E-state index in [-0.39, 0.29) is 10.2 Å². The Morgan fingerprint density at radius 1 is 0.500 bits per heavy atom. The van der Waals surface area contributed by atoms with Crippen molar-refractivity contribution in [3.05, 3.63) is 72.8 Å². The van der Waals surface area contributed by atoms with E-state index in [1.807, 2.05) is 48.5 Å². The molecule has 0 fully saturated rings. The fourth-order valence-corrected chi connectivity index (χ4v) is 3.83. The molecule has 0 saturated heterocycles. The molecule has 4 heteroatoms. The van der Waals surface area contributed by atoms with Crippen LogP contribution in [0.2, 0.25) is 0 Å². The van der Waals surface area contributed by atoms with Crippen LogP contribution in [0.15, 0.2) is 82.6 Å². The molecule has 0 aliphatic rings. The van der Waals surface area contributed by atoms with Gasteiger partial charge in [0.15, 0.2) is 10.2 Å². The Morgan fingerprint density at radius 2 is 0.731 bits per heavy atom. The number of hydrogen-bond acceptors (Lipinski definition) is 4. The van der Waals surface area contributed by atoms with Crippen molar-refractivity contribution in [3.8, 4) is 22.3 Å². The third kappa shape index (κ3) is 4.87. The minimum atomic E-state index is 0.0924. The summed E-state index contributed by atoms with van der Waals surface area (Å²) >= 11 is 2.49. The summed E-state index contributed by atoms with van der Waals surface area (Å²) < 4.78 is 0. The van der Waals surface area contributed by atoms with Crippen LogP contribution in [-0.2, 0) is 9.59 Å². The van der Waals surface area contributed by atoms with Gasteiger partial charge in [0, 0.05) is 23.6 Å². The van der Waals surface area contributed by atoms with Gasteiger partial charge in [-0.2, -0.15) is 0 Å². The maximum Gasteiger partial charge on any atom is 0.190 e. The van der Waals surface area contributed by atoms with Gasteiger partial charge in [-0.15, -0.1) is 0 Å². The molecule has 26 heavy (non-hydrogen) atoms. The summed E-state index contributed by atoms with van der Waals surface area (Å²) in [6, 6.07) is 24.4. The maximum atomic E-state index is 11.2. The fraction of sp³-hybridized carbons (Fsp3) is 0.0909. The Bertz CT molecular complexity index is 833. The summed E-state index contributed by atoms with van der Waals surface area (Å²) in [5.74, 6) is 0. The van der Waals surface area contributed by atoms with E-state index in [0.29, 0.717) is 0 Å². The molecule has 0 aliphatic carbocycles. The highest BCUT2D eigenvalue weighted by Crippen LogP contribution is 2.28. The van der Waals surface area contributed by atoms with Gasteiger partial charge in [0.1, 0.15) is 0 Å². The average molecular weight is 379 g/mol. The first-order chi connectivity index (χ1) is 12.5. The van der Waals surface area contributed by atoms with E-state index >= 15 is 0 Å². The summed E-state index contributed by atoms with van der Waals surface area (Å²) in [6.45, 7) is 3.14. The lowest BCUT2D eigenvalue weighted by Gasteiger charge is -2.07. The normalized spacial score (nSPS) is 10.5. The van der Waals surface area contributed by atoms with E-state index in [1.54, 1.807) is 13.8 Å². The van der Waals surface area contributed by atoms with Crippen LogP contribution < -0.4 is 0 Å². The van der Waals surface area contributed by atoms with Crippen LogP contribution >= 0.6 is 23.5 Å². The molecule has 0 unspecified atom stereocenters. The molecule has 2 nitrogen and oxygen atoms in total. The van der Waals surface area contributed by atoms with Gasteiger partial charge in [-0.05, 0) is 46.5 Å². The first-order valence-corrected chi connectivity index (χ1v) is 9.82. The molecule has 0 spiro atoms. The molecule has 0 atom stereocenters. The minimum absolute atomic E-state index is 0.0924. The van der Waals surface area contributed by atoms with E-state index in [4.69, 9.17) is 0 Å². The third-order valence-electron chi connectivity index (χ3n) is 3.78. The number of rotatable bonds is 4. The van der Waals surface area contributed by atoms with Crippen molar-refractivity contribution in [2.45, 2.75) is 23.6 Å². The van der Waals surface area contributed by atoms with Crippen LogP contribution in [-0.4, -0.2) is 10.2 Å². The van der Waals surface area contributed by atoms with Crippen LogP contribution in [0.4, 0.5) is 0 Å². The molecule has 0 saturated carbocycles. The monoisotopic (exact) mass is 378 g/mol. The number of thioether (sulfide) groups is 2. The zero-order valence-corrected chi connectivity index (χ0v) is 16.2. The molecule has 0 aromatic heterocycles. The second kappa shape index (κ2) is 8.39. The van der Waals surface area contributed by atoms with Crippen LogP contribution in [0.25, 0.3) is 22.3 Å². The summed E-state index contributed by atoms with van der Waals surface area (Å²) in [7, 11) is 0. The van der Waals surface area contributed by atoms with Gasteiger partial charge < -0.3 is 0 Å². The molecule has 0 amide bonds. The zero-order valence-electron chi connectivity index (χ0n) is 14.6. The van der Waals surface area contributed by atoms with E-state index in [9.17, 15) is 9.59 Å². The first-order valence-electron chi connectivity index (χ1n) is 8.19. The topological polar surface area (TPSA) is 34.1 Å². The summed E-state index contributed by atoms with van der Waals surface area (Å²) in [4.78, 5) is 24.2. The van der Waals surface area contributed by atoms with Gasteiger partial charge in [0.05, 0.1) is 0 Å². The Labute approximate surface area is 162 Å². The summed E-state index contributed by atoms with van der Waals surface area (Å²) in [5.41, 5.74) is 4.52. The van der Waals surface area contributed by atoms with Gasteiger partial charge >= 0.3 is 0 Å². The molecular formula is C22H18O2S2. The number of hydrogen-bond donors (Lipinski definition) is 0. The SMILES string of the molecule is CC(=O)Sc1ccc(-c2ccc(-c3ccc(SC(C)=O)cc3)cc2)cc1. The van der Waals surface area contributed by atoms with Crippen molar-refractivity contribution in [2.24, 2.45) is 0 Å². The van der Waals surface area contributed by atoms with Crippen molar-refractivity contribution in [3.63, 3.8) is 0 Å². The number of benzene rings is 3. The molecule has 130 valence electrons. The van der Waals surface area contributed by atoms with Crippen LogP contribution in [0, 0.1) is 0 Å². The number of carbonyl (C=O) groups is 2. The van der Waals surface area contributed by atoms with Crippen molar-refractivity contribution in [1.82, 2.24) is 0 Å². The van der Waals surface area contributed by atoms with Gasteiger partial charge in [-0.3, -0.25) is 9.59 Å². The lowest BCUT2D eigenvalue weighted by atomic mass is 10.0. The van der Waals surface area contributed by atoms with Crippen molar-refractivity contribution >= 4 is 33.8 Å². The molecule has 3 aromatic carbocycles. The molecule has 0 radical (unpaired) electrons. The largest absolute Gasteiger partial charge is 0.287 e. The van der Waals surface area contributed by atoms with Crippen LogP contribution in [0.3, 0.4) is 0 Å². The smallest absolute Gasteiger partial charge is 0.190 e. The van der Waals surface area contributed by atoms with Crippen LogP contribution in [0.5, 0.6) is 0 Å². The number of carbonyl (C=O) groups excluding carboxylic acids is 2. The molecule has 0 bridgehead atoms. The Hall–Kier alpha value is -2.30. The predicted molar refractivity (Wildman–Crippen MR) is 110 cm³/mol. The summed E-state index contributed by atoms with van der Waals surface area (Å²) in [6.07, 6.45) is 0. The van der Waals surface area contributed by atoms with E-state index < -0.39 is 0 Å². The van der Waals surface area contributed by atoms with Crippen molar-refractivity contribution in [2.75, 3.05) is 0 Å². The van der Waals surface area contributed by atoms with E-state index in [2.05, 4.69) is 24.3 Å². The second-order valence-electron chi connectivity index (χ2n) is 5.81. The quantitative estimate of drug-likeness (QED) is 0.499. The molecule has 0 N–H and O–H groups in total. The second-order valence-corrected chi connectivity index (χ2v) is 8.31. The Kier molecular flexibility index (Phi) is 5.96. The molecule has 3 aromatic rings. The lowest BCUT2D eigenvalue weighted by Crippen LogP contribution is -1.84. The average Bonchev–Trinajstić information content (AvgIpc) is 2.62. The van der Waals surface area contributed by atoms with Crippen LogP contribution in [0.1, 0.15) is 13.8 Å². The van der Waals surface area contributed by atoms with Gasteiger partial charge in [0.2, 0.25) is 0 Å². The van der Waals surface area contributed by atoms with E-state index in [0.717, 1.165) is 32.0 Å². The van der Waals surface area contributed by atoms with E-state index in [1.165, 1.54) is 23.5 Å². The lowest BCUT2D eigenvalue weighted by molar-refractivity contribution is -0.109. The van der Waals surface area contributed by atoms with Gasteiger partial charge in [-0.1, -0.05) is 72.1 Å². The molecule has 3 rings (SSSR count). The molecular weight excluding hydrogens is 360 g/mol. The van der Waals surface area contributed by atoms with Crippen molar-refractivity contribution in [1.29, 1.82) is 0 Å². The molecule has 0 aliphatic heterocycles. The van der Waals surface area contributed by atoms with Gasteiger partial charge in [-0.25, -0.2) is 0 Å². The fourth-order valence-electron chi connectivity index (χ4n) is 2.62. The molecule has 0 heterocycles. The minimum Gasteiger partial charge on any atom is -0.287 e. The third-order valence-corrected chi connectivity index (χ3v) is 5.37. The highest BCUT2D eigenvalue weighted by atomic mass is 32.2. The summed E-state index contributed by atoms with van der Waals surface area (Å²) in [5, 5.41) is 0.185. The van der Waals surface area contributed by atoms with Crippen molar-refractivity contribution < 1.29 is 9.59 Å². The Balaban J connectivity index is 1.75. The Morgan fingerprint density at radius 3 is 0.962 bits per heavy atom. The first kappa shape index (κ1) is 18.5. The van der Waals surface area contributed by atoms with Gasteiger partial charge in [0.25, 0.3) is 0 Å². The standard InChI is InChI=1S/C22H18O2S2/c1-15(23)25-21-11-7-19(8-12-21)17-3-5-18(6-4-17)20-9-13-22(14-10-20)26-16(2)24/h3-14H,1-2H3. The predicted octanol–water partition coefficient (Wildman–Crippen LogP) is 6.30. The zero-order chi connectivity index (χ0) is 18.5.